The summed E-state index contributed by atoms with van der Waals surface area (Å²) in [4.78, 5) is 12.0. The molecule has 74 valence electrons. The number of nitrogens with two attached hydrogens (primary N) is 1. The van der Waals surface area contributed by atoms with Gasteiger partial charge in [-0.1, -0.05) is 23.7 Å². The summed E-state index contributed by atoms with van der Waals surface area (Å²) in [6, 6.07) is 5.36. The number of fused-ring (bicyclic) bond motifs is 3. The molecular formula is C11H6ClNOS. The lowest BCUT2D eigenvalue weighted by atomic mass is 10.1. The van der Waals surface area contributed by atoms with Crippen molar-refractivity contribution in [3.8, 4) is 11.1 Å². The fraction of sp³-hybridized carbons (Fsp3) is 0. The maximum atomic E-state index is 12.0. The quantitative estimate of drug-likeness (QED) is 0.650. The largest absolute Gasteiger partial charge is 0.390 e. The average molecular weight is 236 g/mol. The highest BCUT2D eigenvalue weighted by Gasteiger charge is 2.31. The second-order valence-electron chi connectivity index (χ2n) is 3.38. The number of thiophene rings is 1. The van der Waals surface area contributed by atoms with Crippen LogP contribution in [0.15, 0.2) is 23.6 Å². The van der Waals surface area contributed by atoms with E-state index in [0.29, 0.717) is 21.2 Å². The molecule has 1 heterocycles. The van der Waals surface area contributed by atoms with Gasteiger partial charge in [-0.15, -0.1) is 11.3 Å². The lowest BCUT2D eigenvalue weighted by Crippen LogP contribution is -1.97. The summed E-state index contributed by atoms with van der Waals surface area (Å²) in [7, 11) is 0. The van der Waals surface area contributed by atoms with Gasteiger partial charge in [0, 0.05) is 27.1 Å². The van der Waals surface area contributed by atoms with Crippen molar-refractivity contribution < 1.29 is 4.79 Å². The molecule has 1 aromatic carbocycles. The van der Waals surface area contributed by atoms with Gasteiger partial charge in [0.1, 0.15) is 0 Å². The van der Waals surface area contributed by atoms with Crippen LogP contribution >= 0.6 is 22.9 Å². The first kappa shape index (κ1) is 8.95. The SMILES string of the molecule is Nc1scc2c1C(=O)c1cccc(Cl)c1-2. The Morgan fingerprint density at radius 2 is 2.00 bits per heavy atom. The van der Waals surface area contributed by atoms with Gasteiger partial charge in [-0.2, -0.15) is 0 Å². The van der Waals surface area contributed by atoms with Crippen LogP contribution in [-0.2, 0) is 0 Å². The molecule has 0 fully saturated rings. The number of carbonyl (C=O) groups is 1. The number of rotatable bonds is 0. The number of anilines is 1. The molecule has 0 amide bonds. The van der Waals surface area contributed by atoms with E-state index in [9.17, 15) is 4.79 Å². The Kier molecular flexibility index (Phi) is 1.69. The fourth-order valence-electron chi connectivity index (χ4n) is 1.91. The summed E-state index contributed by atoms with van der Waals surface area (Å²) in [6.45, 7) is 0. The topological polar surface area (TPSA) is 43.1 Å². The number of carbonyl (C=O) groups excluding carboxylic acids is 1. The monoisotopic (exact) mass is 235 g/mol. The molecule has 1 aliphatic carbocycles. The fourth-order valence-corrected chi connectivity index (χ4v) is 2.99. The summed E-state index contributed by atoms with van der Waals surface area (Å²) in [6.07, 6.45) is 0. The lowest BCUT2D eigenvalue weighted by molar-refractivity contribution is 0.104. The number of hydrogen-bond acceptors (Lipinski definition) is 3. The molecule has 1 aromatic heterocycles. The molecule has 4 heteroatoms. The molecular weight excluding hydrogens is 230 g/mol. The summed E-state index contributed by atoms with van der Waals surface area (Å²) in [5, 5.41) is 3.07. The Balaban J connectivity index is 2.45. The molecule has 2 N–H and O–H groups in total. The van der Waals surface area contributed by atoms with E-state index < -0.39 is 0 Å². The highest BCUT2D eigenvalue weighted by atomic mass is 35.5. The van der Waals surface area contributed by atoms with Gasteiger partial charge in [0.05, 0.1) is 10.6 Å². The Morgan fingerprint density at radius 1 is 1.20 bits per heavy atom. The number of hydrogen-bond donors (Lipinski definition) is 1. The van der Waals surface area contributed by atoms with E-state index in [0.717, 1.165) is 11.1 Å². The smallest absolute Gasteiger partial charge is 0.197 e. The van der Waals surface area contributed by atoms with Crippen LogP contribution in [0.3, 0.4) is 0 Å². The minimum Gasteiger partial charge on any atom is -0.390 e. The first-order valence-electron chi connectivity index (χ1n) is 4.40. The summed E-state index contributed by atoms with van der Waals surface area (Å²) >= 11 is 7.46. The van der Waals surface area contributed by atoms with Crippen molar-refractivity contribution in [2.75, 3.05) is 5.73 Å². The molecule has 0 aliphatic heterocycles. The predicted molar refractivity (Wildman–Crippen MR) is 62.6 cm³/mol. The Bertz CT molecular complexity index is 588. The second-order valence-corrected chi connectivity index (χ2v) is 4.70. The first-order valence-corrected chi connectivity index (χ1v) is 5.66. The summed E-state index contributed by atoms with van der Waals surface area (Å²) < 4.78 is 0. The van der Waals surface area contributed by atoms with E-state index >= 15 is 0 Å². The maximum Gasteiger partial charge on any atom is 0.197 e. The molecule has 0 saturated heterocycles. The van der Waals surface area contributed by atoms with Gasteiger partial charge in [0.2, 0.25) is 0 Å². The molecule has 0 spiro atoms. The van der Waals surface area contributed by atoms with Crippen LogP contribution < -0.4 is 5.73 Å². The molecule has 0 bridgehead atoms. The zero-order chi connectivity index (χ0) is 10.6. The highest BCUT2D eigenvalue weighted by molar-refractivity contribution is 7.15. The van der Waals surface area contributed by atoms with E-state index in [1.165, 1.54) is 11.3 Å². The molecule has 0 atom stereocenters. The van der Waals surface area contributed by atoms with Crippen molar-refractivity contribution in [3.63, 3.8) is 0 Å². The van der Waals surface area contributed by atoms with Gasteiger partial charge in [0.15, 0.2) is 5.78 Å². The zero-order valence-corrected chi connectivity index (χ0v) is 9.15. The summed E-state index contributed by atoms with van der Waals surface area (Å²) in [5.41, 5.74) is 8.74. The normalized spacial score (nSPS) is 12.7. The molecule has 15 heavy (non-hydrogen) atoms. The van der Waals surface area contributed by atoms with Gasteiger partial charge in [-0.3, -0.25) is 4.79 Å². The van der Waals surface area contributed by atoms with E-state index in [1.54, 1.807) is 18.2 Å². The summed E-state index contributed by atoms with van der Waals surface area (Å²) in [5.74, 6) is -0.0127. The van der Waals surface area contributed by atoms with E-state index in [-0.39, 0.29) is 5.78 Å². The van der Waals surface area contributed by atoms with E-state index in [2.05, 4.69) is 0 Å². The maximum absolute atomic E-state index is 12.0. The van der Waals surface area contributed by atoms with Gasteiger partial charge >= 0.3 is 0 Å². The van der Waals surface area contributed by atoms with Crippen LogP contribution in [0, 0.1) is 0 Å². The van der Waals surface area contributed by atoms with Crippen molar-refractivity contribution in [2.45, 2.75) is 0 Å². The minimum atomic E-state index is -0.0127. The van der Waals surface area contributed by atoms with Gasteiger partial charge in [-0.05, 0) is 6.07 Å². The second kappa shape index (κ2) is 2.84. The Labute approximate surface area is 95.3 Å². The van der Waals surface area contributed by atoms with Crippen LogP contribution in [0.2, 0.25) is 5.02 Å². The van der Waals surface area contributed by atoms with Crippen molar-refractivity contribution in [1.82, 2.24) is 0 Å². The first-order chi connectivity index (χ1) is 7.20. The molecule has 1 aliphatic rings. The number of ketones is 1. The molecule has 0 unspecified atom stereocenters. The third-order valence-corrected chi connectivity index (χ3v) is 3.70. The third-order valence-electron chi connectivity index (χ3n) is 2.57. The lowest BCUT2D eigenvalue weighted by Gasteiger charge is -1.99. The van der Waals surface area contributed by atoms with Gasteiger partial charge in [0.25, 0.3) is 0 Å². The van der Waals surface area contributed by atoms with Crippen molar-refractivity contribution in [2.24, 2.45) is 0 Å². The average Bonchev–Trinajstić information content (AvgIpc) is 2.70. The van der Waals surface area contributed by atoms with Gasteiger partial charge in [-0.25, -0.2) is 0 Å². The molecule has 2 aromatic rings. The Morgan fingerprint density at radius 3 is 2.80 bits per heavy atom. The molecule has 0 saturated carbocycles. The molecule has 2 nitrogen and oxygen atoms in total. The van der Waals surface area contributed by atoms with E-state index in [4.69, 9.17) is 17.3 Å². The predicted octanol–water partition coefficient (Wildman–Crippen LogP) is 3.20. The Hall–Kier alpha value is -1.32. The van der Waals surface area contributed by atoms with Crippen LogP contribution in [0.5, 0.6) is 0 Å². The van der Waals surface area contributed by atoms with E-state index in [1.807, 2.05) is 5.38 Å². The van der Waals surface area contributed by atoms with Crippen LogP contribution in [-0.4, -0.2) is 5.78 Å². The minimum absolute atomic E-state index is 0.0127. The zero-order valence-electron chi connectivity index (χ0n) is 7.58. The van der Waals surface area contributed by atoms with Crippen molar-refractivity contribution in [1.29, 1.82) is 0 Å². The number of benzene rings is 1. The van der Waals surface area contributed by atoms with Crippen molar-refractivity contribution in [3.05, 3.63) is 39.7 Å². The standard InChI is InChI=1S/C11H6ClNOS/c12-7-3-1-2-5-8(7)6-4-15-11(13)9(6)10(5)14/h1-4H,13H2. The van der Waals surface area contributed by atoms with Crippen LogP contribution in [0.1, 0.15) is 15.9 Å². The van der Waals surface area contributed by atoms with Crippen molar-refractivity contribution >= 4 is 33.7 Å². The van der Waals surface area contributed by atoms with Gasteiger partial charge < -0.3 is 5.73 Å². The van der Waals surface area contributed by atoms with Crippen LogP contribution in [0.4, 0.5) is 5.00 Å². The number of nitrogen functional groups attached to an aromatic ring is 1. The number of halogens is 1. The van der Waals surface area contributed by atoms with Crippen LogP contribution in [0.25, 0.3) is 11.1 Å². The third kappa shape index (κ3) is 1.02. The molecule has 0 radical (unpaired) electrons. The molecule has 3 rings (SSSR count). The highest BCUT2D eigenvalue weighted by Crippen LogP contribution is 2.45.